The molecule has 1 atom stereocenters. The number of sulfonamides is 1. The molecular weight excluding hydrogens is 407 g/mol. The number of anilines is 1. The smallest absolute Gasteiger partial charge is 0.241 e. The maximum absolute atomic E-state index is 14.0. The van der Waals surface area contributed by atoms with Gasteiger partial charge in [-0.2, -0.15) is 0 Å². The summed E-state index contributed by atoms with van der Waals surface area (Å²) in [6, 6.07) is 10.7. The lowest BCUT2D eigenvalue weighted by molar-refractivity contribution is -0.120. The van der Waals surface area contributed by atoms with E-state index in [4.69, 9.17) is 0 Å². The van der Waals surface area contributed by atoms with E-state index in [0.29, 0.717) is 9.87 Å². The highest BCUT2D eigenvalue weighted by Gasteiger charge is 2.24. The number of sulfone groups is 1. The molecule has 0 saturated carbocycles. The van der Waals surface area contributed by atoms with Gasteiger partial charge in [-0.1, -0.05) is 24.3 Å². The number of carbonyl (C=O) groups excluding carboxylic acids is 1. The highest BCUT2D eigenvalue weighted by atomic mass is 32.2. The second-order valence-electron chi connectivity index (χ2n) is 6.35. The van der Waals surface area contributed by atoms with Crippen LogP contribution in [-0.2, 0) is 24.7 Å². The monoisotopic (exact) mass is 428 g/mol. The number of para-hydroxylation sites is 1. The Morgan fingerprint density at radius 1 is 1.04 bits per heavy atom. The van der Waals surface area contributed by atoms with Crippen LogP contribution in [0.1, 0.15) is 18.5 Å². The molecule has 0 aliphatic carbocycles. The molecule has 0 saturated heterocycles. The molecule has 0 aromatic heterocycles. The first-order valence-corrected chi connectivity index (χ1v) is 11.9. The molecule has 0 fully saturated rings. The zero-order valence-electron chi connectivity index (χ0n) is 15.6. The Labute approximate surface area is 164 Å². The van der Waals surface area contributed by atoms with Gasteiger partial charge in [0.2, 0.25) is 15.9 Å². The Morgan fingerprint density at radius 2 is 1.61 bits per heavy atom. The Bertz CT molecular complexity index is 1070. The van der Waals surface area contributed by atoms with Gasteiger partial charge in [-0.15, -0.1) is 0 Å². The number of carbonyl (C=O) groups is 1. The Morgan fingerprint density at radius 3 is 2.11 bits per heavy atom. The van der Waals surface area contributed by atoms with Crippen LogP contribution in [0.4, 0.5) is 10.1 Å². The highest BCUT2D eigenvalue weighted by molar-refractivity contribution is 7.92. The summed E-state index contributed by atoms with van der Waals surface area (Å²) in [4.78, 5) is 12.5. The molecule has 1 N–H and O–H groups in total. The fraction of sp³-hybridized carbons (Fsp3) is 0.278. The first-order valence-electron chi connectivity index (χ1n) is 8.21. The van der Waals surface area contributed by atoms with Crippen LogP contribution in [0.3, 0.4) is 0 Å². The number of hydrogen-bond donors (Lipinski definition) is 1. The lowest BCUT2D eigenvalue weighted by Gasteiger charge is -2.23. The molecule has 10 heteroatoms. The fourth-order valence-electron chi connectivity index (χ4n) is 2.54. The average molecular weight is 429 g/mol. The van der Waals surface area contributed by atoms with Gasteiger partial charge in [-0.05, 0) is 36.8 Å². The average Bonchev–Trinajstić information content (AvgIpc) is 2.59. The van der Waals surface area contributed by atoms with Gasteiger partial charge in [0, 0.05) is 6.26 Å². The van der Waals surface area contributed by atoms with Crippen LogP contribution in [0.2, 0.25) is 0 Å². The van der Waals surface area contributed by atoms with Gasteiger partial charge in [0.15, 0.2) is 9.84 Å². The van der Waals surface area contributed by atoms with Gasteiger partial charge in [0.25, 0.3) is 0 Å². The van der Waals surface area contributed by atoms with Crippen molar-refractivity contribution in [3.63, 3.8) is 0 Å². The molecule has 0 unspecified atom stereocenters. The molecule has 0 bridgehead atoms. The third-order valence-corrected chi connectivity index (χ3v) is 6.25. The third kappa shape index (κ3) is 5.52. The maximum Gasteiger partial charge on any atom is 0.241 e. The highest BCUT2D eigenvalue weighted by Crippen LogP contribution is 2.21. The van der Waals surface area contributed by atoms with Crippen molar-refractivity contribution in [1.29, 1.82) is 0 Å². The number of nitrogens with one attached hydrogen (secondary N) is 1. The zero-order valence-corrected chi connectivity index (χ0v) is 17.2. The molecule has 0 aliphatic heterocycles. The summed E-state index contributed by atoms with van der Waals surface area (Å²) in [5.41, 5.74) is 0.419. The molecule has 2 aromatic rings. The molecule has 28 heavy (non-hydrogen) atoms. The predicted molar refractivity (Wildman–Crippen MR) is 105 cm³/mol. The number of nitrogens with zero attached hydrogens (tertiary/aromatic N) is 1. The lowest BCUT2D eigenvalue weighted by atomic mass is 10.1. The van der Waals surface area contributed by atoms with Crippen molar-refractivity contribution < 1.29 is 26.0 Å². The third-order valence-electron chi connectivity index (χ3n) is 3.99. The minimum Gasteiger partial charge on any atom is -0.348 e. The normalized spacial score (nSPS) is 13.0. The van der Waals surface area contributed by atoms with Gasteiger partial charge < -0.3 is 5.32 Å². The number of hydrogen-bond acceptors (Lipinski definition) is 5. The van der Waals surface area contributed by atoms with Crippen molar-refractivity contribution >= 4 is 31.5 Å². The van der Waals surface area contributed by atoms with Crippen LogP contribution in [0.25, 0.3) is 0 Å². The summed E-state index contributed by atoms with van der Waals surface area (Å²) in [6.45, 7) is 1.08. The van der Waals surface area contributed by atoms with Gasteiger partial charge in [0.05, 0.1) is 22.9 Å². The SMILES string of the molecule is C[C@H](NC(=O)CN(c1ccccc1F)S(C)(=O)=O)c1ccc(S(C)(=O)=O)cc1. The standard InChI is InChI=1S/C18H21FN2O5S2/c1-13(14-8-10-15(11-9-14)27(2,23)24)20-18(22)12-21(28(3,25)26)17-7-5-4-6-16(17)19/h4-11,13H,12H2,1-3H3,(H,20,22)/t13-/m0/s1. The van der Waals surface area contributed by atoms with E-state index in [2.05, 4.69) is 5.32 Å². The quantitative estimate of drug-likeness (QED) is 0.726. The van der Waals surface area contributed by atoms with Crippen molar-refractivity contribution in [3.8, 4) is 0 Å². The van der Waals surface area contributed by atoms with Crippen molar-refractivity contribution in [3.05, 3.63) is 59.9 Å². The first-order chi connectivity index (χ1) is 12.9. The molecule has 0 heterocycles. The van der Waals surface area contributed by atoms with E-state index in [1.807, 2.05) is 0 Å². The molecule has 7 nitrogen and oxygen atoms in total. The van der Waals surface area contributed by atoms with Crippen LogP contribution in [-0.4, -0.2) is 41.8 Å². The molecule has 2 rings (SSSR count). The Hall–Kier alpha value is -2.46. The van der Waals surface area contributed by atoms with Crippen molar-refractivity contribution in [2.45, 2.75) is 17.9 Å². The Balaban J connectivity index is 2.15. The molecular formula is C18H21FN2O5S2. The molecule has 0 radical (unpaired) electrons. The second kappa shape index (κ2) is 8.27. The predicted octanol–water partition coefficient (Wildman–Crippen LogP) is 1.87. The van der Waals surface area contributed by atoms with Crippen molar-refractivity contribution in [1.82, 2.24) is 5.32 Å². The van der Waals surface area contributed by atoms with E-state index in [0.717, 1.165) is 18.6 Å². The largest absolute Gasteiger partial charge is 0.348 e. The summed E-state index contributed by atoms with van der Waals surface area (Å²) in [6.07, 6.45) is 1.98. The van der Waals surface area contributed by atoms with Crippen molar-refractivity contribution in [2.24, 2.45) is 0 Å². The summed E-state index contributed by atoms with van der Waals surface area (Å²) in [5.74, 6) is -1.39. The number of amides is 1. The van der Waals surface area contributed by atoms with Crippen LogP contribution in [0, 0.1) is 5.82 Å². The second-order valence-corrected chi connectivity index (χ2v) is 10.3. The van der Waals surface area contributed by atoms with Crippen LogP contribution in [0.5, 0.6) is 0 Å². The zero-order chi connectivity index (χ0) is 21.1. The minimum atomic E-state index is -3.89. The Kier molecular flexibility index (Phi) is 6.45. The van der Waals surface area contributed by atoms with Crippen molar-refractivity contribution in [2.75, 3.05) is 23.4 Å². The van der Waals surface area contributed by atoms with Gasteiger partial charge in [-0.3, -0.25) is 9.10 Å². The van der Waals surface area contributed by atoms with Gasteiger partial charge in [0.1, 0.15) is 12.4 Å². The van der Waals surface area contributed by atoms with Gasteiger partial charge in [-0.25, -0.2) is 21.2 Å². The molecule has 0 spiro atoms. The summed E-state index contributed by atoms with van der Waals surface area (Å²) >= 11 is 0. The van der Waals surface area contributed by atoms with E-state index < -0.39 is 44.2 Å². The molecule has 2 aromatic carbocycles. The number of halogens is 1. The van der Waals surface area contributed by atoms with Crippen LogP contribution < -0.4 is 9.62 Å². The van der Waals surface area contributed by atoms with E-state index in [1.165, 1.54) is 30.3 Å². The minimum absolute atomic E-state index is 0.151. The molecule has 152 valence electrons. The van der Waals surface area contributed by atoms with Gasteiger partial charge >= 0.3 is 0 Å². The fourth-order valence-corrected chi connectivity index (χ4v) is 4.03. The summed E-state index contributed by atoms with van der Waals surface area (Å²) in [7, 11) is -7.22. The van der Waals surface area contributed by atoms with E-state index in [9.17, 15) is 26.0 Å². The lowest BCUT2D eigenvalue weighted by Crippen LogP contribution is -2.41. The van der Waals surface area contributed by atoms with E-state index in [-0.39, 0.29) is 10.6 Å². The van der Waals surface area contributed by atoms with Crippen LogP contribution >= 0.6 is 0 Å². The molecule has 0 aliphatic rings. The summed E-state index contributed by atoms with van der Waals surface area (Å²) in [5, 5.41) is 2.63. The molecule has 1 amide bonds. The van der Waals surface area contributed by atoms with Crippen LogP contribution in [0.15, 0.2) is 53.4 Å². The maximum atomic E-state index is 14.0. The summed E-state index contributed by atoms with van der Waals surface area (Å²) < 4.78 is 61.8. The van der Waals surface area contributed by atoms with E-state index >= 15 is 0 Å². The topological polar surface area (TPSA) is 101 Å². The first kappa shape index (κ1) is 21.8. The number of rotatable bonds is 7. The number of benzene rings is 2. The van der Waals surface area contributed by atoms with E-state index in [1.54, 1.807) is 19.1 Å².